The van der Waals surface area contributed by atoms with Crippen LogP contribution in [0.2, 0.25) is 0 Å². The summed E-state index contributed by atoms with van der Waals surface area (Å²) in [7, 11) is 1.28. The lowest BCUT2D eigenvalue weighted by Crippen LogP contribution is -2.50. The predicted molar refractivity (Wildman–Crippen MR) is 87.1 cm³/mol. The SMILES string of the molecule is COC(=O)[C@H]1Cc2c(Br)ccc(O)c2CN1C(=O)OC(C)(C)C. The number of nitrogens with zero attached hydrogens (tertiary/aromatic N) is 1. The third-order valence-corrected chi connectivity index (χ3v) is 4.30. The number of phenolic OH excluding ortho intramolecular Hbond substituents is 1. The van der Waals surface area contributed by atoms with Crippen LogP contribution in [-0.2, 0) is 27.2 Å². The van der Waals surface area contributed by atoms with Crippen LogP contribution in [0.4, 0.5) is 4.79 Å². The Bertz CT molecular complexity index is 638. The summed E-state index contributed by atoms with van der Waals surface area (Å²) in [6, 6.07) is 2.47. The Kier molecular flexibility index (Phi) is 4.89. The Labute approximate surface area is 143 Å². The van der Waals surface area contributed by atoms with Gasteiger partial charge in [-0.2, -0.15) is 0 Å². The summed E-state index contributed by atoms with van der Waals surface area (Å²) in [5, 5.41) is 10.1. The van der Waals surface area contributed by atoms with Crippen molar-refractivity contribution in [3.05, 3.63) is 27.7 Å². The van der Waals surface area contributed by atoms with Crippen molar-refractivity contribution in [2.45, 2.75) is 45.4 Å². The lowest BCUT2D eigenvalue weighted by molar-refractivity contribution is -0.147. The van der Waals surface area contributed by atoms with E-state index in [-0.39, 0.29) is 18.7 Å². The van der Waals surface area contributed by atoms with Crippen molar-refractivity contribution in [2.75, 3.05) is 7.11 Å². The minimum absolute atomic E-state index is 0.0787. The fraction of sp³-hybridized carbons (Fsp3) is 0.500. The van der Waals surface area contributed by atoms with Crippen LogP contribution in [0.1, 0.15) is 31.9 Å². The second-order valence-corrected chi connectivity index (χ2v) is 7.23. The minimum Gasteiger partial charge on any atom is -0.508 e. The Balaban J connectivity index is 2.41. The Morgan fingerprint density at radius 3 is 2.52 bits per heavy atom. The summed E-state index contributed by atoms with van der Waals surface area (Å²) >= 11 is 3.42. The van der Waals surface area contributed by atoms with E-state index >= 15 is 0 Å². The standard InChI is InChI=1S/C16H20BrNO5/c1-16(2,3)23-15(21)18-8-10-9(7-12(18)14(20)22-4)11(17)5-6-13(10)19/h5-6,12,19H,7-8H2,1-4H3/t12-/m1/s1. The van der Waals surface area contributed by atoms with E-state index in [0.717, 1.165) is 10.0 Å². The first-order valence-corrected chi connectivity index (χ1v) is 8.00. The Hall–Kier alpha value is -1.76. The molecule has 23 heavy (non-hydrogen) atoms. The predicted octanol–water partition coefficient (Wildman–Crippen LogP) is 2.99. The van der Waals surface area contributed by atoms with Crippen molar-refractivity contribution in [1.29, 1.82) is 0 Å². The largest absolute Gasteiger partial charge is 0.508 e. The van der Waals surface area contributed by atoms with Gasteiger partial charge in [-0.05, 0) is 38.5 Å². The van der Waals surface area contributed by atoms with E-state index in [2.05, 4.69) is 15.9 Å². The lowest BCUT2D eigenvalue weighted by atomic mass is 9.93. The van der Waals surface area contributed by atoms with Gasteiger partial charge in [-0.1, -0.05) is 15.9 Å². The molecule has 1 N–H and O–H groups in total. The van der Waals surface area contributed by atoms with Gasteiger partial charge in [0.05, 0.1) is 13.7 Å². The zero-order chi connectivity index (χ0) is 17.4. The summed E-state index contributed by atoms with van der Waals surface area (Å²) in [6.45, 7) is 5.34. The maximum Gasteiger partial charge on any atom is 0.411 e. The van der Waals surface area contributed by atoms with Crippen molar-refractivity contribution in [3.63, 3.8) is 0 Å². The molecule has 1 amide bonds. The molecule has 1 aromatic rings. The van der Waals surface area contributed by atoms with Crippen LogP contribution >= 0.6 is 15.9 Å². The second-order valence-electron chi connectivity index (χ2n) is 6.37. The molecule has 126 valence electrons. The van der Waals surface area contributed by atoms with Gasteiger partial charge in [0.15, 0.2) is 0 Å². The number of benzene rings is 1. The van der Waals surface area contributed by atoms with Gasteiger partial charge in [-0.25, -0.2) is 9.59 Å². The van der Waals surface area contributed by atoms with E-state index in [4.69, 9.17) is 9.47 Å². The number of fused-ring (bicyclic) bond motifs is 1. The minimum atomic E-state index is -0.791. The summed E-state index contributed by atoms with van der Waals surface area (Å²) < 4.78 is 11.0. The molecular weight excluding hydrogens is 366 g/mol. The lowest BCUT2D eigenvalue weighted by Gasteiger charge is -2.36. The van der Waals surface area contributed by atoms with Gasteiger partial charge in [-0.15, -0.1) is 0 Å². The molecule has 1 aliphatic heterocycles. The summed E-state index contributed by atoms with van der Waals surface area (Å²) in [5.74, 6) is -0.433. The number of esters is 1. The van der Waals surface area contributed by atoms with Gasteiger partial charge in [-0.3, -0.25) is 4.90 Å². The average molecular weight is 386 g/mol. The number of carbonyl (C=O) groups is 2. The monoisotopic (exact) mass is 385 g/mol. The number of methoxy groups -OCH3 is 1. The molecule has 1 aliphatic rings. The first-order chi connectivity index (χ1) is 10.6. The van der Waals surface area contributed by atoms with Crippen LogP contribution in [0.15, 0.2) is 16.6 Å². The molecule has 0 saturated carbocycles. The first kappa shape index (κ1) is 17.6. The third kappa shape index (κ3) is 3.77. The van der Waals surface area contributed by atoms with Crippen molar-refractivity contribution in [3.8, 4) is 5.75 Å². The molecule has 0 aliphatic carbocycles. The highest BCUT2D eigenvalue weighted by Gasteiger charge is 2.39. The summed E-state index contributed by atoms with van der Waals surface area (Å²) in [4.78, 5) is 25.9. The van der Waals surface area contributed by atoms with Crippen LogP contribution in [0, 0.1) is 0 Å². The maximum atomic E-state index is 12.5. The molecule has 0 aromatic heterocycles. The van der Waals surface area contributed by atoms with Gasteiger partial charge in [0.2, 0.25) is 0 Å². The summed E-state index contributed by atoms with van der Waals surface area (Å²) in [5.41, 5.74) is 0.711. The number of rotatable bonds is 1. The number of carbonyl (C=O) groups excluding carboxylic acids is 2. The average Bonchev–Trinajstić information content (AvgIpc) is 2.47. The molecule has 0 saturated heterocycles. The molecule has 6 nitrogen and oxygen atoms in total. The normalized spacial score (nSPS) is 17.4. The number of hydrogen-bond acceptors (Lipinski definition) is 5. The fourth-order valence-corrected chi connectivity index (χ4v) is 3.03. The fourth-order valence-electron chi connectivity index (χ4n) is 2.49. The molecule has 0 fully saturated rings. The molecule has 0 spiro atoms. The molecule has 1 aromatic carbocycles. The number of amides is 1. The zero-order valence-electron chi connectivity index (χ0n) is 13.6. The van der Waals surface area contributed by atoms with Gasteiger partial charge < -0.3 is 14.6 Å². The number of halogens is 1. The Morgan fingerprint density at radius 2 is 1.96 bits per heavy atom. The number of ether oxygens (including phenoxy) is 2. The highest BCUT2D eigenvalue weighted by atomic mass is 79.9. The molecular formula is C16H20BrNO5. The maximum absolute atomic E-state index is 12.5. The van der Waals surface area contributed by atoms with Crippen molar-refractivity contribution < 1.29 is 24.2 Å². The van der Waals surface area contributed by atoms with E-state index in [1.165, 1.54) is 12.0 Å². The van der Waals surface area contributed by atoms with E-state index in [1.807, 2.05) is 0 Å². The van der Waals surface area contributed by atoms with Crippen molar-refractivity contribution in [2.24, 2.45) is 0 Å². The van der Waals surface area contributed by atoms with Gasteiger partial charge >= 0.3 is 12.1 Å². The van der Waals surface area contributed by atoms with Crippen LogP contribution < -0.4 is 0 Å². The molecule has 0 radical (unpaired) electrons. The third-order valence-electron chi connectivity index (χ3n) is 3.55. The van der Waals surface area contributed by atoms with E-state index in [1.54, 1.807) is 32.9 Å². The first-order valence-electron chi connectivity index (χ1n) is 7.20. The van der Waals surface area contributed by atoms with Gasteiger partial charge in [0.1, 0.15) is 17.4 Å². The smallest absolute Gasteiger partial charge is 0.411 e. The van der Waals surface area contributed by atoms with Gasteiger partial charge in [0, 0.05) is 16.5 Å². The van der Waals surface area contributed by atoms with E-state index in [9.17, 15) is 14.7 Å². The zero-order valence-corrected chi connectivity index (χ0v) is 15.1. The van der Waals surface area contributed by atoms with Crippen LogP contribution in [0.3, 0.4) is 0 Å². The van der Waals surface area contributed by atoms with Crippen LogP contribution in [0.5, 0.6) is 5.75 Å². The van der Waals surface area contributed by atoms with Crippen molar-refractivity contribution in [1.82, 2.24) is 4.90 Å². The number of aromatic hydroxyl groups is 1. The molecule has 0 unspecified atom stereocenters. The molecule has 1 atom stereocenters. The molecule has 0 bridgehead atoms. The number of hydrogen-bond donors (Lipinski definition) is 1. The quantitative estimate of drug-likeness (QED) is 0.751. The summed E-state index contributed by atoms with van der Waals surface area (Å²) in [6.07, 6.45) is -0.367. The second kappa shape index (κ2) is 6.39. The highest BCUT2D eigenvalue weighted by molar-refractivity contribution is 9.10. The van der Waals surface area contributed by atoms with Crippen LogP contribution in [0.25, 0.3) is 0 Å². The molecule has 1 heterocycles. The van der Waals surface area contributed by atoms with Crippen LogP contribution in [-0.4, -0.2) is 40.8 Å². The molecule has 2 rings (SSSR count). The van der Waals surface area contributed by atoms with Crippen molar-refractivity contribution >= 4 is 28.0 Å². The molecule has 7 heteroatoms. The van der Waals surface area contributed by atoms with E-state index in [0.29, 0.717) is 5.56 Å². The number of phenols is 1. The highest BCUT2D eigenvalue weighted by Crippen LogP contribution is 2.35. The Morgan fingerprint density at radius 1 is 1.30 bits per heavy atom. The topological polar surface area (TPSA) is 76.1 Å². The van der Waals surface area contributed by atoms with E-state index < -0.39 is 23.7 Å². The van der Waals surface area contributed by atoms with Gasteiger partial charge in [0.25, 0.3) is 0 Å².